The molecule has 0 amide bonds. The Balaban J connectivity index is 1.94. The maximum atomic E-state index is 5.69. The molecule has 0 aliphatic heterocycles. The summed E-state index contributed by atoms with van der Waals surface area (Å²) in [6, 6.07) is 16.9. The lowest BCUT2D eigenvalue weighted by molar-refractivity contribution is 0.535. The molecule has 2 aromatic carbocycles. The van der Waals surface area contributed by atoms with Gasteiger partial charge in [-0.25, -0.2) is 0 Å². The minimum atomic E-state index is 0.257. The molecule has 3 heteroatoms. The van der Waals surface area contributed by atoms with Crippen molar-refractivity contribution in [3.8, 4) is 0 Å². The molecule has 3 aromatic rings. The van der Waals surface area contributed by atoms with Gasteiger partial charge < -0.3 is 9.73 Å². The summed E-state index contributed by atoms with van der Waals surface area (Å²) in [4.78, 5) is 0. The summed E-state index contributed by atoms with van der Waals surface area (Å²) in [5.74, 6) is 0. The summed E-state index contributed by atoms with van der Waals surface area (Å²) in [7, 11) is 0. The number of para-hydroxylation sites is 1. The summed E-state index contributed by atoms with van der Waals surface area (Å²) in [5, 5.41) is 4.76. The molecule has 0 saturated heterocycles. The molecular weight excluding hydrogens is 326 g/mol. The lowest BCUT2D eigenvalue weighted by atomic mass is 9.98. The smallest absolute Gasteiger partial charge is 0.134 e. The second-order valence-electron chi connectivity index (χ2n) is 5.13. The van der Waals surface area contributed by atoms with Gasteiger partial charge in [-0.05, 0) is 36.7 Å². The van der Waals surface area contributed by atoms with Crippen molar-refractivity contribution in [3.05, 3.63) is 70.4 Å². The van der Waals surface area contributed by atoms with Crippen LogP contribution in [-0.2, 0) is 6.42 Å². The molecule has 0 spiro atoms. The van der Waals surface area contributed by atoms with Gasteiger partial charge in [0.15, 0.2) is 0 Å². The molecule has 1 N–H and O–H groups in total. The van der Waals surface area contributed by atoms with Crippen molar-refractivity contribution in [2.24, 2.45) is 0 Å². The van der Waals surface area contributed by atoms with Crippen LogP contribution in [0.1, 0.15) is 24.1 Å². The second kappa shape index (κ2) is 6.46. The average molecular weight is 344 g/mol. The fraction of sp³-hybridized carbons (Fsp3) is 0.222. The molecule has 0 fully saturated rings. The van der Waals surface area contributed by atoms with E-state index < -0.39 is 0 Å². The van der Waals surface area contributed by atoms with E-state index in [1.54, 1.807) is 0 Å². The predicted molar refractivity (Wildman–Crippen MR) is 90.5 cm³/mol. The van der Waals surface area contributed by atoms with Crippen molar-refractivity contribution >= 4 is 26.9 Å². The van der Waals surface area contributed by atoms with Gasteiger partial charge in [0.1, 0.15) is 5.58 Å². The molecule has 0 aliphatic carbocycles. The Morgan fingerprint density at radius 2 is 2.00 bits per heavy atom. The van der Waals surface area contributed by atoms with Crippen LogP contribution in [0.25, 0.3) is 11.0 Å². The third-order valence-electron chi connectivity index (χ3n) is 3.67. The minimum Gasteiger partial charge on any atom is -0.464 e. The number of benzene rings is 2. The lowest BCUT2D eigenvalue weighted by Gasteiger charge is -2.17. The average Bonchev–Trinajstić information content (AvgIpc) is 2.91. The van der Waals surface area contributed by atoms with Crippen molar-refractivity contribution in [2.75, 3.05) is 6.54 Å². The molecule has 0 aliphatic rings. The molecule has 1 atom stereocenters. The fourth-order valence-corrected chi connectivity index (χ4v) is 3.15. The highest BCUT2D eigenvalue weighted by molar-refractivity contribution is 9.10. The Morgan fingerprint density at radius 3 is 2.81 bits per heavy atom. The number of hydrogen-bond donors (Lipinski definition) is 1. The van der Waals surface area contributed by atoms with Gasteiger partial charge in [-0.15, -0.1) is 0 Å². The lowest BCUT2D eigenvalue weighted by Crippen LogP contribution is -2.22. The summed E-state index contributed by atoms with van der Waals surface area (Å²) in [6.07, 6.45) is 2.83. The number of fused-ring (bicyclic) bond motifs is 1. The molecule has 3 rings (SSSR count). The van der Waals surface area contributed by atoms with E-state index in [4.69, 9.17) is 4.42 Å². The Morgan fingerprint density at radius 1 is 1.14 bits per heavy atom. The monoisotopic (exact) mass is 343 g/mol. The highest BCUT2D eigenvalue weighted by Crippen LogP contribution is 2.29. The van der Waals surface area contributed by atoms with Crippen molar-refractivity contribution < 1.29 is 4.42 Å². The van der Waals surface area contributed by atoms with Crippen LogP contribution in [0.2, 0.25) is 0 Å². The van der Waals surface area contributed by atoms with Crippen LogP contribution in [0.5, 0.6) is 0 Å². The number of furan rings is 1. The highest BCUT2D eigenvalue weighted by Gasteiger charge is 2.16. The molecular formula is C18H18BrNO. The zero-order valence-corrected chi connectivity index (χ0v) is 13.6. The van der Waals surface area contributed by atoms with Crippen LogP contribution in [0.4, 0.5) is 0 Å². The predicted octanol–water partition coefficient (Wildman–Crippen LogP) is 5.09. The minimum absolute atomic E-state index is 0.257. The molecule has 1 aromatic heterocycles. The number of rotatable bonds is 5. The fourth-order valence-electron chi connectivity index (χ4n) is 2.71. The van der Waals surface area contributed by atoms with E-state index in [0.717, 1.165) is 23.0 Å². The molecule has 1 unspecified atom stereocenters. The number of nitrogens with one attached hydrogen (secondary N) is 1. The summed E-state index contributed by atoms with van der Waals surface area (Å²) in [6.45, 7) is 3.06. The van der Waals surface area contributed by atoms with E-state index in [0.29, 0.717) is 0 Å². The number of halogens is 1. The van der Waals surface area contributed by atoms with Gasteiger partial charge in [0.05, 0.1) is 6.26 Å². The Labute approximate surface area is 133 Å². The summed E-state index contributed by atoms with van der Waals surface area (Å²) >= 11 is 3.54. The van der Waals surface area contributed by atoms with E-state index >= 15 is 0 Å². The van der Waals surface area contributed by atoms with E-state index in [-0.39, 0.29) is 6.04 Å². The zero-order chi connectivity index (χ0) is 14.7. The van der Waals surface area contributed by atoms with Gasteiger partial charge in [0.25, 0.3) is 0 Å². The van der Waals surface area contributed by atoms with E-state index in [1.807, 2.05) is 18.4 Å². The van der Waals surface area contributed by atoms with E-state index in [1.165, 1.54) is 16.5 Å². The molecule has 1 heterocycles. The molecule has 21 heavy (non-hydrogen) atoms. The topological polar surface area (TPSA) is 25.2 Å². The maximum Gasteiger partial charge on any atom is 0.134 e. The first kappa shape index (κ1) is 14.4. The molecule has 0 bridgehead atoms. The Kier molecular flexibility index (Phi) is 4.42. The molecule has 0 radical (unpaired) electrons. The Hall–Kier alpha value is -1.58. The highest BCUT2D eigenvalue weighted by atomic mass is 79.9. The quantitative estimate of drug-likeness (QED) is 0.698. The number of hydrogen-bond acceptors (Lipinski definition) is 2. The van der Waals surface area contributed by atoms with Crippen LogP contribution in [-0.4, -0.2) is 6.54 Å². The van der Waals surface area contributed by atoms with Crippen LogP contribution < -0.4 is 5.32 Å². The molecule has 108 valence electrons. The largest absolute Gasteiger partial charge is 0.464 e. The van der Waals surface area contributed by atoms with Crippen LogP contribution in [0.3, 0.4) is 0 Å². The summed E-state index contributed by atoms with van der Waals surface area (Å²) in [5.41, 5.74) is 3.48. The third kappa shape index (κ3) is 3.20. The first-order valence-corrected chi connectivity index (χ1v) is 8.01. The van der Waals surface area contributed by atoms with Crippen molar-refractivity contribution in [2.45, 2.75) is 19.4 Å². The van der Waals surface area contributed by atoms with Crippen LogP contribution in [0, 0.1) is 0 Å². The first-order valence-electron chi connectivity index (χ1n) is 7.22. The van der Waals surface area contributed by atoms with E-state index in [2.05, 4.69) is 64.6 Å². The standard InChI is InChI=1S/C18H18BrNO/c1-2-20-17(11-13-6-5-7-14(19)10-13)16-12-21-18-9-4-3-8-15(16)18/h3-10,12,17,20H,2,11H2,1H3. The van der Waals surface area contributed by atoms with E-state index in [9.17, 15) is 0 Å². The van der Waals surface area contributed by atoms with Gasteiger partial charge >= 0.3 is 0 Å². The first-order chi connectivity index (χ1) is 10.3. The van der Waals surface area contributed by atoms with Crippen LogP contribution in [0.15, 0.2) is 63.7 Å². The van der Waals surface area contributed by atoms with Crippen molar-refractivity contribution in [1.29, 1.82) is 0 Å². The van der Waals surface area contributed by atoms with Gasteiger partial charge in [-0.3, -0.25) is 0 Å². The van der Waals surface area contributed by atoms with Gasteiger partial charge in [-0.1, -0.05) is 53.2 Å². The molecule has 0 saturated carbocycles. The molecule has 2 nitrogen and oxygen atoms in total. The third-order valence-corrected chi connectivity index (χ3v) is 4.16. The van der Waals surface area contributed by atoms with Crippen molar-refractivity contribution in [3.63, 3.8) is 0 Å². The van der Waals surface area contributed by atoms with Gasteiger partial charge in [-0.2, -0.15) is 0 Å². The second-order valence-corrected chi connectivity index (χ2v) is 6.05. The summed E-state index contributed by atoms with van der Waals surface area (Å²) < 4.78 is 6.81. The van der Waals surface area contributed by atoms with Gasteiger partial charge in [0.2, 0.25) is 0 Å². The number of likely N-dealkylation sites (N-methyl/N-ethyl adjacent to an activating group) is 1. The van der Waals surface area contributed by atoms with Crippen LogP contribution >= 0.6 is 15.9 Å². The van der Waals surface area contributed by atoms with Gasteiger partial charge in [0, 0.05) is 21.5 Å². The maximum absolute atomic E-state index is 5.69. The Bertz CT molecular complexity index is 735. The normalized spacial score (nSPS) is 12.7. The SMILES string of the molecule is CCNC(Cc1cccc(Br)c1)c1coc2ccccc12. The van der Waals surface area contributed by atoms with Crippen molar-refractivity contribution in [1.82, 2.24) is 5.32 Å². The zero-order valence-electron chi connectivity index (χ0n) is 12.0.